The van der Waals surface area contributed by atoms with Crippen LogP contribution in [0.4, 0.5) is 4.79 Å². The molecule has 0 aliphatic heterocycles. The lowest BCUT2D eigenvalue weighted by molar-refractivity contribution is 0.246. The quantitative estimate of drug-likeness (QED) is 0.564. The van der Waals surface area contributed by atoms with Crippen LogP contribution >= 0.6 is 11.9 Å². The molecule has 1 saturated carbocycles. The van der Waals surface area contributed by atoms with E-state index < -0.39 is 0 Å². The molecule has 1 aliphatic rings. The summed E-state index contributed by atoms with van der Waals surface area (Å²) in [6.07, 6.45) is 4.11. The zero-order valence-corrected chi connectivity index (χ0v) is 6.12. The highest BCUT2D eigenvalue weighted by Crippen LogP contribution is 2.18. The maximum absolute atomic E-state index is 10.7. The van der Waals surface area contributed by atoms with E-state index in [1.54, 1.807) is 0 Å². The summed E-state index contributed by atoms with van der Waals surface area (Å²) in [6, 6.07) is 0.391. The maximum atomic E-state index is 10.7. The van der Waals surface area contributed by atoms with E-state index in [0.717, 1.165) is 12.8 Å². The smallest absolute Gasteiger partial charge is 0.324 e. The Labute approximate surface area is 58.7 Å². The maximum Gasteiger partial charge on any atom is 0.324 e. The fraction of sp³-hybridized carbons (Fsp3) is 0.800. The summed E-state index contributed by atoms with van der Waals surface area (Å²) in [6.45, 7) is 0. The van der Waals surface area contributed by atoms with Crippen LogP contribution in [0, 0.1) is 0 Å². The van der Waals surface area contributed by atoms with Crippen molar-refractivity contribution in [1.82, 2.24) is 10.0 Å². The average Bonchev–Trinajstić information content (AvgIpc) is 2.50. The number of urea groups is 1. The van der Waals surface area contributed by atoms with E-state index in [1.165, 1.54) is 11.9 Å². The number of nitrogens with one attached hydrogen (secondary N) is 2. The molecule has 3 nitrogen and oxygen atoms in total. The summed E-state index contributed by atoms with van der Waals surface area (Å²) in [5.41, 5.74) is 0. The zero-order valence-electron chi connectivity index (χ0n) is 5.31. The van der Waals surface area contributed by atoms with Gasteiger partial charge in [0, 0.05) is 12.3 Å². The number of rotatable bonds is 2. The Morgan fingerprint density at radius 1 is 1.67 bits per heavy atom. The first-order valence-corrected chi connectivity index (χ1v) is 4.15. The second-order valence-corrected chi connectivity index (χ2v) is 2.67. The van der Waals surface area contributed by atoms with Gasteiger partial charge in [-0.05, 0) is 12.8 Å². The number of carbonyl (C=O) groups is 1. The van der Waals surface area contributed by atoms with Gasteiger partial charge in [-0.15, -0.1) is 0 Å². The fourth-order valence-corrected chi connectivity index (χ4v) is 0.780. The van der Waals surface area contributed by atoms with Gasteiger partial charge in [0.1, 0.15) is 0 Å². The summed E-state index contributed by atoms with van der Waals surface area (Å²) in [7, 11) is 0. The molecule has 0 unspecified atom stereocenters. The minimum Gasteiger partial charge on any atom is -0.335 e. The first kappa shape index (κ1) is 6.74. The van der Waals surface area contributed by atoms with Crippen LogP contribution in [0.15, 0.2) is 0 Å². The predicted octanol–water partition coefficient (Wildman–Crippen LogP) is 0.726. The predicted molar refractivity (Wildman–Crippen MR) is 38.2 cm³/mol. The number of carbonyl (C=O) groups excluding carboxylic acids is 1. The fourth-order valence-electron chi connectivity index (χ4n) is 0.535. The van der Waals surface area contributed by atoms with Gasteiger partial charge in [-0.1, -0.05) is 11.9 Å². The first-order chi connectivity index (χ1) is 4.33. The van der Waals surface area contributed by atoms with Crippen LogP contribution in [0.25, 0.3) is 0 Å². The zero-order chi connectivity index (χ0) is 6.69. The van der Waals surface area contributed by atoms with Gasteiger partial charge in [0.15, 0.2) is 0 Å². The Morgan fingerprint density at radius 2 is 2.33 bits per heavy atom. The Balaban J connectivity index is 2.02. The molecule has 0 saturated heterocycles. The molecule has 2 N–H and O–H groups in total. The normalized spacial score (nSPS) is 17.0. The molecule has 1 aliphatic carbocycles. The van der Waals surface area contributed by atoms with Crippen LogP contribution in [0.3, 0.4) is 0 Å². The van der Waals surface area contributed by atoms with E-state index in [2.05, 4.69) is 10.0 Å². The van der Waals surface area contributed by atoms with Crippen molar-refractivity contribution in [3.8, 4) is 0 Å². The summed E-state index contributed by atoms with van der Waals surface area (Å²) in [5, 5.41) is 2.78. The standard InChI is InChI=1S/C5H10N2OS/c1-9-7-5(8)6-4-2-3-4/h4H,2-3H2,1H3,(H2,6,7,8). The van der Waals surface area contributed by atoms with Crippen LogP contribution in [-0.2, 0) is 0 Å². The molecular weight excluding hydrogens is 136 g/mol. The molecule has 1 rings (SSSR count). The summed E-state index contributed by atoms with van der Waals surface area (Å²) in [5.74, 6) is 0. The Bertz CT molecular complexity index is 114. The van der Waals surface area contributed by atoms with Gasteiger partial charge in [-0.2, -0.15) is 0 Å². The molecule has 0 radical (unpaired) electrons. The van der Waals surface area contributed by atoms with Crippen LogP contribution in [0.5, 0.6) is 0 Å². The second-order valence-electron chi connectivity index (χ2n) is 2.05. The van der Waals surface area contributed by atoms with Crippen molar-refractivity contribution in [3.63, 3.8) is 0 Å². The second kappa shape index (κ2) is 2.96. The molecule has 2 amide bonds. The van der Waals surface area contributed by atoms with Gasteiger partial charge in [0.2, 0.25) is 0 Å². The number of amides is 2. The minimum absolute atomic E-state index is 0.0648. The molecule has 1 fully saturated rings. The van der Waals surface area contributed by atoms with Crippen molar-refractivity contribution in [2.45, 2.75) is 18.9 Å². The SMILES string of the molecule is CSNC(=O)NC1CC1. The van der Waals surface area contributed by atoms with Gasteiger partial charge < -0.3 is 5.32 Å². The van der Waals surface area contributed by atoms with Gasteiger partial charge in [-0.3, -0.25) is 4.72 Å². The topological polar surface area (TPSA) is 41.1 Å². The first-order valence-electron chi connectivity index (χ1n) is 2.92. The van der Waals surface area contributed by atoms with Gasteiger partial charge in [0.05, 0.1) is 0 Å². The van der Waals surface area contributed by atoms with Crippen molar-refractivity contribution >= 4 is 18.0 Å². The lowest BCUT2D eigenvalue weighted by atomic mass is 10.7. The molecule has 0 aromatic heterocycles. The van der Waals surface area contributed by atoms with Gasteiger partial charge >= 0.3 is 6.03 Å². The largest absolute Gasteiger partial charge is 0.335 e. The third-order valence-corrected chi connectivity index (χ3v) is 1.50. The van der Waals surface area contributed by atoms with Crippen LogP contribution in [0.1, 0.15) is 12.8 Å². The van der Waals surface area contributed by atoms with Crippen molar-refractivity contribution in [3.05, 3.63) is 0 Å². The Morgan fingerprint density at radius 3 is 2.78 bits per heavy atom. The minimum atomic E-state index is -0.0648. The lowest BCUT2D eigenvalue weighted by Crippen LogP contribution is -2.32. The molecule has 4 heteroatoms. The van der Waals surface area contributed by atoms with Crippen molar-refractivity contribution in [2.24, 2.45) is 0 Å². The van der Waals surface area contributed by atoms with Crippen LogP contribution < -0.4 is 10.0 Å². The summed E-state index contributed by atoms with van der Waals surface area (Å²) in [4.78, 5) is 10.7. The molecule has 0 aromatic carbocycles. The number of hydrogen-bond donors (Lipinski definition) is 2. The van der Waals surface area contributed by atoms with Gasteiger partial charge in [0.25, 0.3) is 0 Å². The van der Waals surface area contributed by atoms with E-state index in [0.29, 0.717) is 6.04 Å². The van der Waals surface area contributed by atoms with E-state index in [1.807, 2.05) is 6.26 Å². The Kier molecular flexibility index (Phi) is 2.22. The van der Waals surface area contributed by atoms with Crippen LogP contribution in [0.2, 0.25) is 0 Å². The van der Waals surface area contributed by atoms with E-state index in [-0.39, 0.29) is 6.03 Å². The third-order valence-electron chi connectivity index (χ3n) is 1.11. The summed E-state index contributed by atoms with van der Waals surface area (Å²) >= 11 is 1.32. The molecule has 0 atom stereocenters. The molecule has 0 spiro atoms. The lowest BCUT2D eigenvalue weighted by Gasteiger charge is -2.00. The monoisotopic (exact) mass is 146 g/mol. The molecule has 0 bridgehead atoms. The van der Waals surface area contributed by atoms with Gasteiger partial charge in [-0.25, -0.2) is 4.79 Å². The summed E-state index contributed by atoms with van der Waals surface area (Å²) < 4.78 is 2.58. The Hall–Kier alpha value is -0.380. The van der Waals surface area contributed by atoms with E-state index >= 15 is 0 Å². The molecule has 9 heavy (non-hydrogen) atoms. The average molecular weight is 146 g/mol. The molecule has 52 valence electrons. The van der Waals surface area contributed by atoms with E-state index in [4.69, 9.17) is 0 Å². The molecule has 0 aromatic rings. The number of hydrogen-bond acceptors (Lipinski definition) is 2. The highest BCUT2D eigenvalue weighted by molar-refractivity contribution is 7.97. The molecular formula is C5H10N2OS. The molecule has 0 heterocycles. The van der Waals surface area contributed by atoms with Crippen molar-refractivity contribution in [1.29, 1.82) is 0 Å². The highest BCUT2D eigenvalue weighted by atomic mass is 32.2. The highest BCUT2D eigenvalue weighted by Gasteiger charge is 2.22. The van der Waals surface area contributed by atoms with E-state index in [9.17, 15) is 4.79 Å². The van der Waals surface area contributed by atoms with Crippen LogP contribution in [-0.4, -0.2) is 18.3 Å². The third kappa shape index (κ3) is 2.60. The van der Waals surface area contributed by atoms with Crippen molar-refractivity contribution in [2.75, 3.05) is 6.26 Å². The van der Waals surface area contributed by atoms with Crippen molar-refractivity contribution < 1.29 is 4.79 Å².